The maximum atomic E-state index is 12.6. The fourth-order valence-electron chi connectivity index (χ4n) is 3.38. The minimum absolute atomic E-state index is 0.0906. The molecule has 1 aliphatic rings. The Morgan fingerprint density at radius 1 is 1.16 bits per heavy atom. The number of benzene rings is 2. The van der Waals surface area contributed by atoms with Gasteiger partial charge in [-0.25, -0.2) is 0 Å². The van der Waals surface area contributed by atoms with Crippen LogP contribution in [-0.2, 0) is 6.54 Å². The van der Waals surface area contributed by atoms with Gasteiger partial charge in [0.05, 0.1) is 0 Å². The van der Waals surface area contributed by atoms with Gasteiger partial charge in [0.2, 0.25) is 0 Å². The summed E-state index contributed by atoms with van der Waals surface area (Å²) in [6, 6.07) is 18.5. The summed E-state index contributed by atoms with van der Waals surface area (Å²) in [6.07, 6.45) is 2.00. The monoisotopic (exact) mass is 337 g/mol. The summed E-state index contributed by atoms with van der Waals surface area (Å²) in [5.74, 6) is 0.0906. The fourth-order valence-corrected chi connectivity index (χ4v) is 3.38. The molecule has 2 aromatic carbocycles. The molecule has 0 bridgehead atoms. The maximum absolute atomic E-state index is 12.6. The lowest BCUT2D eigenvalue weighted by molar-refractivity contribution is 0.0709. The molecule has 4 nitrogen and oxygen atoms in total. The number of amides is 1. The van der Waals surface area contributed by atoms with E-state index in [1.165, 1.54) is 5.56 Å². The lowest BCUT2D eigenvalue weighted by Gasteiger charge is -2.31. The predicted octanol–water partition coefficient (Wildman–Crippen LogP) is 3.28. The number of anilines is 1. The molecule has 2 N–H and O–H groups in total. The number of rotatable bonds is 5. The molecule has 25 heavy (non-hydrogen) atoms. The van der Waals surface area contributed by atoms with Crippen LogP contribution in [0.15, 0.2) is 54.6 Å². The van der Waals surface area contributed by atoms with Gasteiger partial charge in [0.1, 0.15) is 0 Å². The summed E-state index contributed by atoms with van der Waals surface area (Å²) in [5.41, 5.74) is 9.16. The van der Waals surface area contributed by atoms with Gasteiger partial charge < -0.3 is 15.5 Å². The maximum Gasteiger partial charge on any atom is 0.253 e. The molecule has 3 rings (SSSR count). The summed E-state index contributed by atoms with van der Waals surface area (Å²) >= 11 is 0. The lowest BCUT2D eigenvalue weighted by atomic mass is 10.1. The van der Waals surface area contributed by atoms with Crippen LogP contribution >= 0.6 is 0 Å². The Hall–Kier alpha value is -2.33. The first-order valence-electron chi connectivity index (χ1n) is 9.11. The van der Waals surface area contributed by atoms with Crippen molar-refractivity contribution in [1.29, 1.82) is 0 Å². The van der Waals surface area contributed by atoms with Crippen molar-refractivity contribution < 1.29 is 4.79 Å². The molecule has 2 aromatic rings. The van der Waals surface area contributed by atoms with Crippen LogP contribution in [0.2, 0.25) is 0 Å². The minimum Gasteiger partial charge on any atom is -0.367 e. The highest BCUT2D eigenvalue weighted by molar-refractivity contribution is 5.94. The van der Waals surface area contributed by atoms with E-state index in [0.29, 0.717) is 6.54 Å². The normalized spacial score (nSPS) is 17.4. The van der Waals surface area contributed by atoms with Crippen LogP contribution in [0.3, 0.4) is 0 Å². The number of nitrogens with two attached hydrogens (primary N) is 1. The fraction of sp³-hybridized carbons (Fsp3) is 0.381. The van der Waals surface area contributed by atoms with E-state index in [-0.39, 0.29) is 11.9 Å². The third-order valence-electron chi connectivity index (χ3n) is 4.82. The summed E-state index contributed by atoms with van der Waals surface area (Å²) in [6.45, 7) is 5.41. The van der Waals surface area contributed by atoms with E-state index in [1.807, 2.05) is 35.2 Å². The number of hydrogen-bond donors (Lipinski definition) is 1. The van der Waals surface area contributed by atoms with Crippen molar-refractivity contribution in [3.05, 3.63) is 65.7 Å². The first-order chi connectivity index (χ1) is 12.2. The van der Waals surface area contributed by atoms with Crippen LogP contribution in [0.4, 0.5) is 5.69 Å². The molecule has 1 atom stereocenters. The van der Waals surface area contributed by atoms with Gasteiger partial charge in [0.15, 0.2) is 0 Å². The molecule has 0 spiro atoms. The Kier molecular flexibility index (Phi) is 5.71. The average molecular weight is 337 g/mol. The molecule has 1 unspecified atom stereocenters. The topological polar surface area (TPSA) is 49.6 Å². The third kappa shape index (κ3) is 4.40. The van der Waals surface area contributed by atoms with Crippen molar-refractivity contribution in [2.75, 3.05) is 24.5 Å². The van der Waals surface area contributed by atoms with E-state index in [1.54, 1.807) is 0 Å². The predicted molar refractivity (Wildman–Crippen MR) is 103 cm³/mol. The summed E-state index contributed by atoms with van der Waals surface area (Å²) in [5, 5.41) is 0. The van der Waals surface area contributed by atoms with Crippen LogP contribution in [-0.4, -0.2) is 36.5 Å². The van der Waals surface area contributed by atoms with E-state index >= 15 is 0 Å². The number of carbonyl (C=O) groups excluding carboxylic acids is 1. The van der Waals surface area contributed by atoms with Crippen LogP contribution in [0.25, 0.3) is 0 Å². The summed E-state index contributed by atoms with van der Waals surface area (Å²) in [7, 11) is 0. The van der Waals surface area contributed by atoms with E-state index in [4.69, 9.17) is 5.73 Å². The number of carbonyl (C=O) groups is 1. The van der Waals surface area contributed by atoms with Crippen molar-refractivity contribution in [2.45, 2.75) is 32.4 Å². The molecule has 1 heterocycles. The van der Waals surface area contributed by atoms with Gasteiger partial charge in [0, 0.05) is 43.5 Å². The van der Waals surface area contributed by atoms with Gasteiger partial charge in [-0.3, -0.25) is 4.79 Å². The Bertz CT molecular complexity index is 684. The highest BCUT2D eigenvalue weighted by Gasteiger charge is 2.22. The Morgan fingerprint density at radius 3 is 2.52 bits per heavy atom. The highest BCUT2D eigenvalue weighted by atomic mass is 16.2. The van der Waals surface area contributed by atoms with Crippen molar-refractivity contribution >= 4 is 11.6 Å². The number of likely N-dealkylation sites (tertiary alicyclic amines) is 1. The molecule has 0 aromatic heterocycles. The van der Waals surface area contributed by atoms with Crippen molar-refractivity contribution in [1.82, 2.24) is 4.90 Å². The minimum atomic E-state index is 0.0906. The second-order valence-corrected chi connectivity index (χ2v) is 6.70. The average Bonchev–Trinajstić information content (AvgIpc) is 2.66. The van der Waals surface area contributed by atoms with Crippen LogP contribution < -0.4 is 10.6 Å². The first-order valence-corrected chi connectivity index (χ1v) is 9.11. The van der Waals surface area contributed by atoms with E-state index < -0.39 is 0 Å². The largest absolute Gasteiger partial charge is 0.367 e. The number of hydrogen-bond acceptors (Lipinski definition) is 3. The van der Waals surface area contributed by atoms with Crippen LogP contribution in [0.5, 0.6) is 0 Å². The van der Waals surface area contributed by atoms with Gasteiger partial charge in [-0.05, 0) is 49.6 Å². The van der Waals surface area contributed by atoms with Gasteiger partial charge in [0.25, 0.3) is 5.91 Å². The van der Waals surface area contributed by atoms with Gasteiger partial charge in [-0.15, -0.1) is 0 Å². The smallest absolute Gasteiger partial charge is 0.253 e. The first kappa shape index (κ1) is 17.5. The zero-order valence-corrected chi connectivity index (χ0v) is 14.9. The van der Waals surface area contributed by atoms with Crippen molar-refractivity contribution in [2.24, 2.45) is 5.73 Å². The number of nitrogens with zero attached hydrogens (tertiary/aromatic N) is 2. The van der Waals surface area contributed by atoms with Crippen molar-refractivity contribution in [3.63, 3.8) is 0 Å². The Balaban J connectivity index is 1.69. The molecule has 1 amide bonds. The second kappa shape index (κ2) is 8.17. The Morgan fingerprint density at radius 2 is 1.88 bits per heavy atom. The molecule has 0 aliphatic carbocycles. The Labute approximate surface area is 150 Å². The third-order valence-corrected chi connectivity index (χ3v) is 4.82. The molecule has 132 valence electrons. The standard InChI is InChI=1S/C21H27N3O/c1-2-23(15-17-7-4-3-5-8-17)20-12-10-18(11-13-20)21(25)24-14-6-9-19(22)16-24/h3-5,7-8,10-13,19H,2,6,9,14-16,22H2,1H3. The molecule has 0 saturated carbocycles. The second-order valence-electron chi connectivity index (χ2n) is 6.70. The van der Waals surface area contributed by atoms with E-state index in [9.17, 15) is 4.79 Å². The van der Waals surface area contributed by atoms with Crippen LogP contribution in [0.1, 0.15) is 35.7 Å². The SMILES string of the molecule is CCN(Cc1ccccc1)c1ccc(C(=O)N2CCCC(N)C2)cc1. The quantitative estimate of drug-likeness (QED) is 0.911. The van der Waals surface area contributed by atoms with Gasteiger partial charge >= 0.3 is 0 Å². The zero-order chi connectivity index (χ0) is 17.6. The van der Waals surface area contributed by atoms with E-state index in [2.05, 4.69) is 36.1 Å². The molecule has 1 aliphatic heterocycles. The molecule has 0 radical (unpaired) electrons. The molecule has 4 heteroatoms. The molecular formula is C21H27N3O. The van der Waals surface area contributed by atoms with Gasteiger partial charge in [-0.2, -0.15) is 0 Å². The summed E-state index contributed by atoms with van der Waals surface area (Å²) < 4.78 is 0. The molecule has 1 saturated heterocycles. The number of piperidine rings is 1. The van der Waals surface area contributed by atoms with Crippen LogP contribution in [0, 0.1) is 0 Å². The van der Waals surface area contributed by atoms with E-state index in [0.717, 1.165) is 43.7 Å². The van der Waals surface area contributed by atoms with Crippen molar-refractivity contribution in [3.8, 4) is 0 Å². The van der Waals surface area contributed by atoms with Gasteiger partial charge in [-0.1, -0.05) is 30.3 Å². The zero-order valence-electron chi connectivity index (χ0n) is 14.9. The lowest BCUT2D eigenvalue weighted by Crippen LogP contribution is -2.45. The highest BCUT2D eigenvalue weighted by Crippen LogP contribution is 2.20. The molecular weight excluding hydrogens is 310 g/mol. The molecule has 1 fully saturated rings. The summed E-state index contributed by atoms with van der Waals surface area (Å²) in [4.78, 5) is 16.8.